The van der Waals surface area contributed by atoms with Crippen molar-refractivity contribution >= 4 is 51.9 Å². The molecule has 1 heterocycles. The predicted molar refractivity (Wildman–Crippen MR) is 148 cm³/mol. The number of nitrogens with two attached hydrogens (primary N) is 1. The molecular weight excluding hydrogens is 508 g/mol. The molecule has 188 valence electrons. The maximum atomic E-state index is 13.3. The Labute approximate surface area is 222 Å². The van der Waals surface area contributed by atoms with Gasteiger partial charge in [0, 0.05) is 16.8 Å². The number of amides is 1. The van der Waals surface area contributed by atoms with E-state index in [2.05, 4.69) is 5.32 Å². The Hall–Kier alpha value is -4.08. The first-order valence-corrected chi connectivity index (χ1v) is 13.0. The summed E-state index contributed by atoms with van der Waals surface area (Å²) >= 11 is 2.28. The maximum Gasteiger partial charge on any atom is 0.259 e. The number of hydrogen-bond donors (Lipinski definition) is 2. The van der Waals surface area contributed by atoms with Gasteiger partial charge in [0.05, 0.1) is 40.3 Å². The van der Waals surface area contributed by atoms with Gasteiger partial charge in [-0.25, -0.2) is 0 Å². The highest BCUT2D eigenvalue weighted by Gasteiger charge is 2.27. The number of hydrogen-bond acceptors (Lipinski definition) is 8. The van der Waals surface area contributed by atoms with Gasteiger partial charge in [-0.2, -0.15) is 0 Å². The molecule has 4 aromatic rings. The van der Waals surface area contributed by atoms with Crippen molar-refractivity contribution in [3.8, 4) is 11.5 Å². The number of methoxy groups -OCH3 is 2. The van der Waals surface area contributed by atoms with Crippen molar-refractivity contribution in [1.29, 1.82) is 0 Å². The largest absolute Gasteiger partial charge is 0.497 e. The number of nitrogen functional groups attached to an aromatic ring is 1. The topological polar surface area (TPSA) is 108 Å². The molecule has 0 spiro atoms. The second-order valence-electron chi connectivity index (χ2n) is 7.83. The third-order valence-electron chi connectivity index (χ3n) is 5.48. The number of carbonyl (C=O) groups excluding carboxylic acids is 3. The number of Topliss-reactive ketones (excluding diaryl/α,β-unsaturated/α-hetero) is 1. The van der Waals surface area contributed by atoms with Crippen molar-refractivity contribution in [1.82, 2.24) is 0 Å². The number of carbonyl (C=O) groups is 3. The Balaban J connectivity index is 1.64. The highest BCUT2D eigenvalue weighted by molar-refractivity contribution is 8.01. The molecule has 0 unspecified atom stereocenters. The molecule has 0 aliphatic rings. The molecule has 4 rings (SSSR count). The van der Waals surface area contributed by atoms with Crippen LogP contribution in [0.15, 0.2) is 83.1 Å². The van der Waals surface area contributed by atoms with Gasteiger partial charge in [0.2, 0.25) is 5.78 Å². The first-order valence-electron chi connectivity index (χ1n) is 11.2. The number of para-hydroxylation sites is 1. The van der Waals surface area contributed by atoms with Crippen LogP contribution < -0.4 is 20.5 Å². The lowest BCUT2D eigenvalue weighted by molar-refractivity contribution is 0.101. The fourth-order valence-corrected chi connectivity index (χ4v) is 5.84. The Morgan fingerprint density at radius 3 is 1.97 bits per heavy atom. The first kappa shape index (κ1) is 26.0. The molecule has 0 fully saturated rings. The van der Waals surface area contributed by atoms with E-state index in [1.807, 2.05) is 6.07 Å². The molecule has 0 saturated carbocycles. The van der Waals surface area contributed by atoms with Crippen LogP contribution in [0.4, 0.5) is 11.4 Å². The van der Waals surface area contributed by atoms with Crippen molar-refractivity contribution in [2.24, 2.45) is 0 Å². The van der Waals surface area contributed by atoms with Crippen LogP contribution in [-0.2, 0) is 0 Å². The monoisotopic (exact) mass is 532 g/mol. The van der Waals surface area contributed by atoms with E-state index in [0.717, 1.165) is 11.3 Å². The molecule has 0 radical (unpaired) electrons. The minimum Gasteiger partial charge on any atom is -0.497 e. The number of thiophene rings is 1. The summed E-state index contributed by atoms with van der Waals surface area (Å²) in [4.78, 5) is 39.6. The number of rotatable bonds is 10. The predicted octanol–water partition coefficient (Wildman–Crippen LogP) is 5.81. The van der Waals surface area contributed by atoms with Gasteiger partial charge < -0.3 is 20.5 Å². The zero-order valence-electron chi connectivity index (χ0n) is 20.1. The second-order valence-corrected chi connectivity index (χ2v) is 10.1. The lowest BCUT2D eigenvalue weighted by Crippen LogP contribution is -2.15. The summed E-state index contributed by atoms with van der Waals surface area (Å²) < 4.78 is 10.8. The van der Waals surface area contributed by atoms with E-state index < -0.39 is 5.91 Å². The molecule has 9 heteroatoms. The van der Waals surface area contributed by atoms with Crippen molar-refractivity contribution in [2.45, 2.75) is 4.21 Å². The fraction of sp³-hybridized carbons (Fsp3) is 0.107. The summed E-state index contributed by atoms with van der Waals surface area (Å²) in [6.45, 7) is 0. The molecule has 3 aromatic carbocycles. The van der Waals surface area contributed by atoms with Crippen molar-refractivity contribution in [3.05, 3.63) is 100 Å². The minimum atomic E-state index is -0.451. The molecule has 7 nitrogen and oxygen atoms in total. The van der Waals surface area contributed by atoms with Crippen molar-refractivity contribution < 1.29 is 23.9 Å². The van der Waals surface area contributed by atoms with Gasteiger partial charge in [-0.05, 0) is 60.7 Å². The lowest BCUT2D eigenvalue weighted by Gasteiger charge is -2.08. The summed E-state index contributed by atoms with van der Waals surface area (Å²) in [6.07, 6.45) is 0. The number of nitrogens with one attached hydrogen (secondary N) is 1. The SMILES string of the molecule is COc1ccc(C(=O)CSc2sc(C(=O)c3ccc(OC)cc3)c(N)c2C(=O)Nc2ccccc2)cc1. The molecule has 1 aromatic heterocycles. The zero-order valence-corrected chi connectivity index (χ0v) is 21.8. The van der Waals surface area contributed by atoms with Gasteiger partial charge in [-0.3, -0.25) is 14.4 Å². The van der Waals surface area contributed by atoms with Gasteiger partial charge in [-0.15, -0.1) is 23.1 Å². The molecule has 0 bridgehead atoms. The number of anilines is 2. The first-order chi connectivity index (χ1) is 17.9. The molecule has 1 amide bonds. The van der Waals surface area contributed by atoms with Crippen molar-refractivity contribution in [2.75, 3.05) is 31.0 Å². The van der Waals surface area contributed by atoms with Crippen LogP contribution in [0.1, 0.15) is 36.0 Å². The zero-order chi connectivity index (χ0) is 26.4. The number of thioether (sulfide) groups is 1. The van der Waals surface area contributed by atoms with Crippen LogP contribution in [0.2, 0.25) is 0 Å². The van der Waals surface area contributed by atoms with Gasteiger partial charge >= 0.3 is 0 Å². The smallest absolute Gasteiger partial charge is 0.259 e. The normalized spacial score (nSPS) is 10.5. The van der Waals surface area contributed by atoms with Gasteiger partial charge in [-0.1, -0.05) is 18.2 Å². The van der Waals surface area contributed by atoms with Crippen LogP contribution in [0.25, 0.3) is 0 Å². The standard InChI is InChI=1S/C28H24N2O5S2/c1-34-20-12-8-17(9-13-20)22(31)16-36-28-23(27(33)30-19-6-4-3-5-7-19)24(29)26(37-28)25(32)18-10-14-21(35-2)15-11-18/h3-15H,16,29H2,1-2H3,(H,30,33). The second kappa shape index (κ2) is 11.8. The number of ether oxygens (including phenoxy) is 2. The van der Waals surface area contributed by atoms with Gasteiger partial charge in [0.25, 0.3) is 5.91 Å². The van der Waals surface area contributed by atoms with Gasteiger partial charge in [0.15, 0.2) is 5.78 Å². The van der Waals surface area contributed by atoms with E-state index in [1.165, 1.54) is 11.8 Å². The molecule has 0 aliphatic heterocycles. The summed E-state index contributed by atoms with van der Waals surface area (Å²) in [5.41, 5.74) is 8.17. The molecule has 3 N–H and O–H groups in total. The van der Waals surface area contributed by atoms with Crippen LogP contribution in [0, 0.1) is 0 Å². The lowest BCUT2D eigenvalue weighted by atomic mass is 10.1. The number of ketones is 2. The third kappa shape index (κ3) is 6.02. The van der Waals surface area contributed by atoms with E-state index in [0.29, 0.717) is 32.5 Å². The molecule has 0 saturated heterocycles. The minimum absolute atomic E-state index is 0.0636. The summed E-state index contributed by atoms with van der Waals surface area (Å²) in [5, 5.41) is 2.83. The van der Waals surface area contributed by atoms with E-state index in [4.69, 9.17) is 15.2 Å². The quantitative estimate of drug-likeness (QED) is 0.196. The maximum absolute atomic E-state index is 13.3. The van der Waals surface area contributed by atoms with Crippen LogP contribution in [0.3, 0.4) is 0 Å². The van der Waals surface area contributed by atoms with Crippen molar-refractivity contribution in [3.63, 3.8) is 0 Å². The average molecular weight is 533 g/mol. The van der Waals surface area contributed by atoms with Gasteiger partial charge in [0.1, 0.15) is 11.5 Å². The van der Waals surface area contributed by atoms with E-state index >= 15 is 0 Å². The van der Waals surface area contributed by atoms with Crippen LogP contribution in [0.5, 0.6) is 11.5 Å². The Bertz CT molecular complexity index is 1420. The Kier molecular flexibility index (Phi) is 8.27. The van der Waals surface area contributed by atoms with E-state index in [1.54, 1.807) is 87.0 Å². The Morgan fingerprint density at radius 2 is 1.41 bits per heavy atom. The molecule has 0 atom stereocenters. The highest BCUT2D eigenvalue weighted by Crippen LogP contribution is 2.40. The molecule has 0 aliphatic carbocycles. The summed E-state index contributed by atoms with van der Waals surface area (Å²) in [6, 6.07) is 22.4. The van der Waals surface area contributed by atoms with Crippen LogP contribution >= 0.6 is 23.1 Å². The Morgan fingerprint density at radius 1 is 0.838 bits per heavy atom. The molecular formula is C28H24N2O5S2. The third-order valence-corrected chi connectivity index (χ3v) is 7.95. The average Bonchev–Trinajstić information content (AvgIpc) is 3.27. The fourth-order valence-electron chi connectivity index (χ4n) is 3.49. The molecule has 37 heavy (non-hydrogen) atoms. The highest BCUT2D eigenvalue weighted by atomic mass is 32.2. The van der Waals surface area contributed by atoms with Crippen LogP contribution in [-0.4, -0.2) is 37.4 Å². The summed E-state index contributed by atoms with van der Waals surface area (Å²) in [5.74, 6) is 0.440. The van der Waals surface area contributed by atoms with E-state index in [9.17, 15) is 14.4 Å². The van der Waals surface area contributed by atoms with E-state index in [-0.39, 0.29) is 33.4 Å². The number of benzene rings is 3. The summed E-state index contributed by atoms with van der Waals surface area (Å²) in [7, 11) is 3.10.